The van der Waals surface area contributed by atoms with Gasteiger partial charge >= 0.3 is 0 Å². The zero-order chi connectivity index (χ0) is 13.7. The Hall–Kier alpha value is -2.15. The van der Waals surface area contributed by atoms with Gasteiger partial charge in [-0.3, -0.25) is 14.9 Å². The maximum Gasteiger partial charge on any atom is 0.296 e. The van der Waals surface area contributed by atoms with Gasteiger partial charge in [0.15, 0.2) is 0 Å². The number of nitro groups is 1. The Kier molecular flexibility index (Phi) is 4.61. The van der Waals surface area contributed by atoms with E-state index in [0.717, 1.165) is 6.07 Å². The van der Waals surface area contributed by atoms with Crippen molar-refractivity contribution in [3.63, 3.8) is 0 Å². The molecule has 0 bridgehead atoms. The third kappa shape index (κ3) is 4.02. The molecule has 7 nitrogen and oxygen atoms in total. The second-order valence-corrected chi connectivity index (χ2v) is 3.89. The molecule has 0 heterocycles. The predicted octanol–water partition coefficient (Wildman–Crippen LogP) is 1.40. The maximum atomic E-state index is 11.5. The minimum Gasteiger partial charge on any atom is -0.508 e. The Morgan fingerprint density at radius 3 is 2.78 bits per heavy atom. The summed E-state index contributed by atoms with van der Waals surface area (Å²) in [5, 5.41) is 31.3. The fourth-order valence-corrected chi connectivity index (χ4v) is 1.33. The summed E-state index contributed by atoms with van der Waals surface area (Å²) < 4.78 is 0. The van der Waals surface area contributed by atoms with Gasteiger partial charge in [0.1, 0.15) is 11.4 Å². The van der Waals surface area contributed by atoms with Crippen LogP contribution in [0.25, 0.3) is 0 Å². The summed E-state index contributed by atoms with van der Waals surface area (Å²) in [7, 11) is 0. The highest BCUT2D eigenvalue weighted by Gasteiger charge is 2.16. The molecule has 0 aliphatic heterocycles. The summed E-state index contributed by atoms with van der Waals surface area (Å²) in [6.45, 7) is 1.55. The summed E-state index contributed by atoms with van der Waals surface area (Å²) >= 11 is 0. The number of anilines is 1. The van der Waals surface area contributed by atoms with E-state index in [4.69, 9.17) is 10.2 Å². The molecule has 0 aliphatic rings. The van der Waals surface area contributed by atoms with Crippen LogP contribution in [0.1, 0.15) is 19.8 Å². The second kappa shape index (κ2) is 5.97. The van der Waals surface area contributed by atoms with E-state index in [1.165, 1.54) is 12.1 Å². The highest BCUT2D eigenvalue weighted by Crippen LogP contribution is 2.28. The molecule has 98 valence electrons. The summed E-state index contributed by atoms with van der Waals surface area (Å²) in [4.78, 5) is 21.5. The molecule has 0 saturated carbocycles. The molecule has 1 unspecified atom stereocenters. The molecule has 18 heavy (non-hydrogen) atoms. The predicted molar refractivity (Wildman–Crippen MR) is 64.3 cm³/mol. The number of hydrogen-bond donors (Lipinski definition) is 3. The number of amides is 1. The smallest absolute Gasteiger partial charge is 0.296 e. The maximum absolute atomic E-state index is 11.5. The fraction of sp³-hybridized carbons (Fsp3) is 0.364. The Balaban J connectivity index is 2.78. The minimum absolute atomic E-state index is 0.0217. The van der Waals surface area contributed by atoms with Gasteiger partial charge in [-0.05, 0) is 25.5 Å². The molecule has 0 aromatic heterocycles. The summed E-state index contributed by atoms with van der Waals surface area (Å²) in [6.07, 6.45) is -0.265. The van der Waals surface area contributed by atoms with Crippen molar-refractivity contribution in [3.05, 3.63) is 28.3 Å². The lowest BCUT2D eigenvalue weighted by molar-refractivity contribution is -0.384. The molecule has 0 saturated heterocycles. The topological polar surface area (TPSA) is 113 Å². The van der Waals surface area contributed by atoms with E-state index in [9.17, 15) is 14.9 Å². The standard InChI is InChI=1S/C11H14N2O5/c1-7(14)2-5-11(16)12-9-4-3-8(15)6-10(9)13(17)18/h3-4,6-7,14-15H,2,5H2,1H3,(H,12,16). The molecule has 0 fully saturated rings. The number of phenolic OH excluding ortho intramolecular Hbond substituents is 1. The molecule has 1 amide bonds. The van der Waals surface area contributed by atoms with Gasteiger partial charge in [0.05, 0.1) is 17.1 Å². The molecule has 1 atom stereocenters. The quantitative estimate of drug-likeness (QED) is 0.417. The van der Waals surface area contributed by atoms with Crippen LogP contribution in [0.15, 0.2) is 18.2 Å². The average Bonchev–Trinajstić information content (AvgIpc) is 2.28. The molecule has 1 rings (SSSR count). The van der Waals surface area contributed by atoms with Gasteiger partial charge in [-0.15, -0.1) is 0 Å². The number of nitrogens with zero attached hydrogens (tertiary/aromatic N) is 1. The highest BCUT2D eigenvalue weighted by molar-refractivity contribution is 5.93. The van der Waals surface area contributed by atoms with Crippen molar-refractivity contribution < 1.29 is 19.9 Å². The number of hydrogen-bond acceptors (Lipinski definition) is 5. The molecule has 0 aliphatic carbocycles. The largest absolute Gasteiger partial charge is 0.508 e. The van der Waals surface area contributed by atoms with Crippen LogP contribution in [-0.4, -0.2) is 27.1 Å². The van der Waals surface area contributed by atoms with Gasteiger partial charge in [-0.1, -0.05) is 0 Å². The summed E-state index contributed by atoms with van der Waals surface area (Å²) in [5.74, 6) is -0.673. The third-order valence-corrected chi connectivity index (χ3v) is 2.24. The molecular weight excluding hydrogens is 240 g/mol. The SMILES string of the molecule is CC(O)CCC(=O)Nc1ccc(O)cc1[N+](=O)[O-]. The van der Waals surface area contributed by atoms with Crippen molar-refractivity contribution in [2.24, 2.45) is 0 Å². The molecule has 3 N–H and O–H groups in total. The van der Waals surface area contributed by atoms with Crippen LogP contribution in [-0.2, 0) is 4.79 Å². The molecule has 0 spiro atoms. The van der Waals surface area contributed by atoms with Crippen LogP contribution in [0.3, 0.4) is 0 Å². The summed E-state index contributed by atoms with van der Waals surface area (Å²) in [5.41, 5.74) is -0.353. The van der Waals surface area contributed by atoms with Crippen molar-refractivity contribution >= 4 is 17.3 Å². The Morgan fingerprint density at radius 1 is 1.56 bits per heavy atom. The van der Waals surface area contributed by atoms with E-state index in [-0.39, 0.29) is 30.0 Å². The number of benzene rings is 1. The zero-order valence-electron chi connectivity index (χ0n) is 9.79. The lowest BCUT2D eigenvalue weighted by Crippen LogP contribution is -2.14. The van der Waals surface area contributed by atoms with Crippen molar-refractivity contribution in [2.45, 2.75) is 25.9 Å². The van der Waals surface area contributed by atoms with Gasteiger partial charge in [0.25, 0.3) is 5.69 Å². The normalized spacial score (nSPS) is 11.9. The van der Waals surface area contributed by atoms with Crippen molar-refractivity contribution in [2.75, 3.05) is 5.32 Å². The van der Waals surface area contributed by atoms with E-state index in [2.05, 4.69) is 5.32 Å². The van der Waals surface area contributed by atoms with Gasteiger partial charge in [0.2, 0.25) is 5.91 Å². The molecular formula is C11H14N2O5. The Morgan fingerprint density at radius 2 is 2.22 bits per heavy atom. The first kappa shape index (κ1) is 13.9. The third-order valence-electron chi connectivity index (χ3n) is 2.24. The molecule has 0 radical (unpaired) electrons. The van der Waals surface area contributed by atoms with Crippen molar-refractivity contribution in [1.29, 1.82) is 0 Å². The number of rotatable bonds is 5. The number of aromatic hydroxyl groups is 1. The Bertz CT molecular complexity index is 459. The number of nitro benzene ring substituents is 1. The lowest BCUT2D eigenvalue weighted by atomic mass is 10.2. The van der Waals surface area contributed by atoms with Crippen molar-refractivity contribution in [1.82, 2.24) is 0 Å². The first-order valence-electron chi connectivity index (χ1n) is 5.35. The van der Waals surface area contributed by atoms with Gasteiger partial charge < -0.3 is 15.5 Å². The molecule has 1 aromatic rings. The van der Waals surface area contributed by atoms with E-state index >= 15 is 0 Å². The van der Waals surface area contributed by atoms with E-state index in [1.54, 1.807) is 6.92 Å². The van der Waals surface area contributed by atoms with Crippen LogP contribution in [0.4, 0.5) is 11.4 Å². The number of aliphatic hydroxyl groups excluding tert-OH is 1. The number of carbonyl (C=O) groups excluding carboxylic acids is 1. The van der Waals surface area contributed by atoms with Crippen LogP contribution >= 0.6 is 0 Å². The van der Waals surface area contributed by atoms with E-state index < -0.39 is 16.9 Å². The molecule has 1 aromatic carbocycles. The minimum atomic E-state index is -0.690. The monoisotopic (exact) mass is 254 g/mol. The van der Waals surface area contributed by atoms with Crippen molar-refractivity contribution in [3.8, 4) is 5.75 Å². The second-order valence-electron chi connectivity index (χ2n) is 3.89. The van der Waals surface area contributed by atoms with Crippen LogP contribution in [0, 0.1) is 10.1 Å². The van der Waals surface area contributed by atoms with Gasteiger partial charge in [0, 0.05) is 6.42 Å². The zero-order valence-corrected chi connectivity index (χ0v) is 9.79. The van der Waals surface area contributed by atoms with Crippen LogP contribution in [0.5, 0.6) is 5.75 Å². The van der Waals surface area contributed by atoms with E-state index in [1.807, 2.05) is 0 Å². The number of carbonyl (C=O) groups is 1. The lowest BCUT2D eigenvalue weighted by Gasteiger charge is -2.07. The highest BCUT2D eigenvalue weighted by atomic mass is 16.6. The molecule has 7 heteroatoms. The number of phenols is 1. The van der Waals surface area contributed by atoms with Crippen LogP contribution < -0.4 is 5.32 Å². The first-order chi connectivity index (χ1) is 8.40. The number of nitrogens with one attached hydrogen (secondary N) is 1. The average molecular weight is 254 g/mol. The fourth-order valence-electron chi connectivity index (χ4n) is 1.33. The van der Waals surface area contributed by atoms with Crippen LogP contribution in [0.2, 0.25) is 0 Å². The first-order valence-corrected chi connectivity index (χ1v) is 5.35. The number of aliphatic hydroxyl groups is 1. The van der Waals surface area contributed by atoms with Gasteiger partial charge in [-0.2, -0.15) is 0 Å². The Labute approximate surface area is 103 Å². The van der Waals surface area contributed by atoms with E-state index in [0.29, 0.717) is 0 Å². The van der Waals surface area contributed by atoms with Gasteiger partial charge in [-0.25, -0.2) is 0 Å². The summed E-state index contributed by atoms with van der Waals surface area (Å²) in [6, 6.07) is 3.47.